The first-order valence-corrected chi connectivity index (χ1v) is 6.74. The molecule has 106 valence electrons. The van der Waals surface area contributed by atoms with Crippen LogP contribution in [-0.2, 0) is 14.4 Å². The highest BCUT2D eigenvalue weighted by atomic mass is 16.4. The SMILES string of the molecule is CN1CCC(C(=O)NC(CC2CC2)C(=O)O)CC1=O. The second kappa shape index (κ2) is 5.59. The molecule has 2 atom stereocenters. The zero-order valence-corrected chi connectivity index (χ0v) is 11.1. The van der Waals surface area contributed by atoms with Gasteiger partial charge in [0.05, 0.1) is 0 Å². The summed E-state index contributed by atoms with van der Waals surface area (Å²) in [6, 6.07) is -0.810. The summed E-state index contributed by atoms with van der Waals surface area (Å²) in [5, 5.41) is 11.7. The van der Waals surface area contributed by atoms with Gasteiger partial charge >= 0.3 is 5.97 Å². The van der Waals surface area contributed by atoms with Gasteiger partial charge < -0.3 is 15.3 Å². The molecule has 0 aromatic heterocycles. The van der Waals surface area contributed by atoms with Crippen molar-refractivity contribution in [1.29, 1.82) is 0 Å². The lowest BCUT2D eigenvalue weighted by Gasteiger charge is -2.28. The average Bonchev–Trinajstić information content (AvgIpc) is 3.15. The number of carboxylic acid groups (broad SMARTS) is 1. The molecule has 0 spiro atoms. The number of hydrogen-bond acceptors (Lipinski definition) is 3. The molecule has 2 N–H and O–H groups in total. The van der Waals surface area contributed by atoms with Crippen LogP contribution in [0.3, 0.4) is 0 Å². The fraction of sp³-hybridized carbons (Fsp3) is 0.769. The van der Waals surface area contributed by atoms with E-state index < -0.39 is 12.0 Å². The smallest absolute Gasteiger partial charge is 0.326 e. The zero-order valence-electron chi connectivity index (χ0n) is 11.1. The molecule has 6 nitrogen and oxygen atoms in total. The van der Waals surface area contributed by atoms with Crippen LogP contribution in [0.5, 0.6) is 0 Å². The Morgan fingerprint density at radius 3 is 2.63 bits per heavy atom. The summed E-state index contributed by atoms with van der Waals surface area (Å²) < 4.78 is 0. The van der Waals surface area contributed by atoms with Crippen molar-refractivity contribution in [3.05, 3.63) is 0 Å². The maximum Gasteiger partial charge on any atom is 0.326 e. The Kier molecular flexibility index (Phi) is 4.07. The number of carbonyl (C=O) groups is 3. The van der Waals surface area contributed by atoms with E-state index in [1.807, 2.05) is 0 Å². The molecule has 0 aromatic carbocycles. The second-order valence-corrected chi connectivity index (χ2v) is 5.58. The monoisotopic (exact) mass is 268 g/mol. The lowest BCUT2D eigenvalue weighted by Crippen LogP contribution is -2.47. The highest BCUT2D eigenvalue weighted by Crippen LogP contribution is 2.33. The van der Waals surface area contributed by atoms with Crippen molar-refractivity contribution >= 4 is 17.8 Å². The fourth-order valence-electron chi connectivity index (χ4n) is 2.36. The third kappa shape index (κ3) is 3.68. The van der Waals surface area contributed by atoms with Gasteiger partial charge in [0, 0.05) is 25.9 Å². The number of rotatable bonds is 5. The molecule has 1 saturated carbocycles. The highest BCUT2D eigenvalue weighted by Gasteiger charge is 2.34. The third-order valence-corrected chi connectivity index (χ3v) is 3.91. The topological polar surface area (TPSA) is 86.7 Å². The van der Waals surface area contributed by atoms with Gasteiger partial charge in [-0.3, -0.25) is 9.59 Å². The Morgan fingerprint density at radius 2 is 2.11 bits per heavy atom. The third-order valence-electron chi connectivity index (χ3n) is 3.91. The van der Waals surface area contributed by atoms with E-state index in [1.165, 1.54) is 0 Å². The minimum Gasteiger partial charge on any atom is -0.480 e. The number of amides is 2. The summed E-state index contributed by atoms with van der Waals surface area (Å²) in [5.74, 6) is -1.29. The van der Waals surface area contributed by atoms with Gasteiger partial charge in [0.2, 0.25) is 11.8 Å². The van der Waals surface area contributed by atoms with Gasteiger partial charge in [-0.25, -0.2) is 4.79 Å². The van der Waals surface area contributed by atoms with E-state index in [9.17, 15) is 14.4 Å². The van der Waals surface area contributed by atoms with Crippen LogP contribution in [0.4, 0.5) is 0 Å². The Bertz CT molecular complexity index is 392. The summed E-state index contributed by atoms with van der Waals surface area (Å²) in [6.45, 7) is 0.553. The number of piperidine rings is 1. The van der Waals surface area contributed by atoms with Crippen molar-refractivity contribution in [3.63, 3.8) is 0 Å². The van der Waals surface area contributed by atoms with Crippen molar-refractivity contribution in [2.45, 2.75) is 38.1 Å². The summed E-state index contributed by atoms with van der Waals surface area (Å²) >= 11 is 0. The summed E-state index contributed by atoms with van der Waals surface area (Å²) in [6.07, 6.45) is 3.38. The van der Waals surface area contributed by atoms with E-state index >= 15 is 0 Å². The molecule has 0 radical (unpaired) electrons. The van der Waals surface area contributed by atoms with Gasteiger partial charge in [0.1, 0.15) is 6.04 Å². The van der Waals surface area contributed by atoms with Crippen LogP contribution in [0, 0.1) is 11.8 Å². The Hall–Kier alpha value is -1.59. The molecule has 1 saturated heterocycles. The molecule has 0 aromatic rings. The van der Waals surface area contributed by atoms with Crippen LogP contribution < -0.4 is 5.32 Å². The maximum absolute atomic E-state index is 12.0. The van der Waals surface area contributed by atoms with Crippen molar-refractivity contribution in [1.82, 2.24) is 10.2 Å². The van der Waals surface area contributed by atoms with E-state index in [-0.39, 0.29) is 24.2 Å². The first-order valence-electron chi connectivity index (χ1n) is 6.74. The van der Waals surface area contributed by atoms with Gasteiger partial charge in [-0.2, -0.15) is 0 Å². The summed E-state index contributed by atoms with van der Waals surface area (Å²) in [5.41, 5.74) is 0. The van der Waals surface area contributed by atoms with Crippen LogP contribution >= 0.6 is 0 Å². The van der Waals surface area contributed by atoms with E-state index in [4.69, 9.17) is 5.11 Å². The normalized spacial score (nSPS) is 25.0. The first-order chi connectivity index (χ1) is 8.97. The van der Waals surface area contributed by atoms with E-state index in [2.05, 4.69) is 5.32 Å². The van der Waals surface area contributed by atoms with Crippen LogP contribution in [0.2, 0.25) is 0 Å². The van der Waals surface area contributed by atoms with Gasteiger partial charge in [-0.1, -0.05) is 12.8 Å². The Balaban J connectivity index is 1.87. The van der Waals surface area contributed by atoms with Crippen molar-refractivity contribution < 1.29 is 19.5 Å². The van der Waals surface area contributed by atoms with Crippen LogP contribution in [0.15, 0.2) is 0 Å². The fourth-order valence-corrected chi connectivity index (χ4v) is 2.36. The van der Waals surface area contributed by atoms with Crippen molar-refractivity contribution in [2.24, 2.45) is 11.8 Å². The van der Waals surface area contributed by atoms with E-state index in [0.717, 1.165) is 12.8 Å². The lowest BCUT2D eigenvalue weighted by molar-refractivity contribution is -0.144. The van der Waals surface area contributed by atoms with Gasteiger partial charge in [0.25, 0.3) is 0 Å². The highest BCUT2D eigenvalue weighted by molar-refractivity contribution is 5.89. The number of hydrogen-bond donors (Lipinski definition) is 2. The first kappa shape index (κ1) is 13.8. The van der Waals surface area contributed by atoms with Gasteiger partial charge in [-0.15, -0.1) is 0 Å². The average molecular weight is 268 g/mol. The largest absolute Gasteiger partial charge is 0.480 e. The van der Waals surface area contributed by atoms with Crippen LogP contribution in [0.1, 0.15) is 32.1 Å². The standard InChI is InChI=1S/C13H20N2O4/c1-15-5-4-9(7-11(15)16)12(17)14-10(13(18)19)6-8-2-3-8/h8-10H,2-7H2,1H3,(H,14,17)(H,18,19). The van der Waals surface area contributed by atoms with Crippen molar-refractivity contribution in [3.8, 4) is 0 Å². The molecule has 2 rings (SSSR count). The zero-order chi connectivity index (χ0) is 14.0. The quantitative estimate of drug-likeness (QED) is 0.747. The maximum atomic E-state index is 12.0. The Labute approximate surface area is 112 Å². The van der Waals surface area contributed by atoms with E-state index in [1.54, 1.807) is 11.9 Å². The summed E-state index contributed by atoms with van der Waals surface area (Å²) in [7, 11) is 1.71. The number of nitrogens with one attached hydrogen (secondary N) is 1. The molecule has 2 fully saturated rings. The number of nitrogens with zero attached hydrogens (tertiary/aromatic N) is 1. The lowest BCUT2D eigenvalue weighted by atomic mass is 9.95. The minimum absolute atomic E-state index is 0.0551. The molecule has 0 bridgehead atoms. The molecule has 1 aliphatic carbocycles. The minimum atomic E-state index is -0.987. The molecule has 1 heterocycles. The van der Waals surface area contributed by atoms with Crippen LogP contribution in [0.25, 0.3) is 0 Å². The number of carboxylic acids is 1. The van der Waals surface area contributed by atoms with Gasteiger partial charge in [-0.05, 0) is 18.8 Å². The molecule has 1 aliphatic heterocycles. The number of carbonyl (C=O) groups excluding carboxylic acids is 2. The van der Waals surface area contributed by atoms with E-state index in [0.29, 0.717) is 25.3 Å². The number of likely N-dealkylation sites (tertiary alicyclic amines) is 1. The molecule has 19 heavy (non-hydrogen) atoms. The summed E-state index contributed by atoms with van der Waals surface area (Å²) in [4.78, 5) is 36.3. The van der Waals surface area contributed by atoms with Crippen molar-refractivity contribution in [2.75, 3.05) is 13.6 Å². The predicted octanol–water partition coefficient (Wildman–Crippen LogP) is 0.224. The van der Waals surface area contributed by atoms with Gasteiger partial charge in [0.15, 0.2) is 0 Å². The number of aliphatic carboxylic acids is 1. The molecular weight excluding hydrogens is 248 g/mol. The molecule has 2 unspecified atom stereocenters. The molecular formula is C13H20N2O4. The molecule has 2 aliphatic rings. The second-order valence-electron chi connectivity index (χ2n) is 5.58. The Morgan fingerprint density at radius 1 is 1.42 bits per heavy atom. The van der Waals surface area contributed by atoms with Crippen LogP contribution in [-0.4, -0.2) is 47.4 Å². The molecule has 6 heteroatoms. The predicted molar refractivity (Wildman–Crippen MR) is 67.3 cm³/mol. The molecule has 2 amide bonds.